The van der Waals surface area contributed by atoms with E-state index in [0.29, 0.717) is 11.0 Å². The molecule has 0 fully saturated rings. The number of alkyl halides is 2. The van der Waals surface area contributed by atoms with Crippen molar-refractivity contribution in [3.05, 3.63) is 16.4 Å². The minimum absolute atomic E-state index is 0.424. The van der Waals surface area contributed by atoms with Gasteiger partial charge in [0.25, 0.3) is 0 Å². The molecule has 0 aliphatic rings. The van der Waals surface area contributed by atoms with Crippen LogP contribution in [0, 0.1) is 10.1 Å². The second kappa shape index (κ2) is 4.14. The zero-order valence-corrected chi connectivity index (χ0v) is 7.50. The predicted molar refractivity (Wildman–Crippen MR) is 41.6 cm³/mol. The number of hydroxylamine groups is 1. The van der Waals surface area contributed by atoms with Crippen molar-refractivity contribution in [2.75, 3.05) is 0 Å². The van der Waals surface area contributed by atoms with Gasteiger partial charge in [0.2, 0.25) is 6.33 Å². The summed E-state index contributed by atoms with van der Waals surface area (Å²) in [6.45, 7) is -1.26. The quantitative estimate of drug-likeness (QED) is 0.406. The number of carbonyl (C=O) groups is 1. The molecule has 0 atom stereocenters. The van der Waals surface area contributed by atoms with E-state index in [2.05, 4.69) is 10.1 Å². The Kier molecular flexibility index (Phi) is 3.08. The van der Waals surface area contributed by atoms with E-state index in [0.717, 1.165) is 5.48 Å². The molecule has 0 spiro atoms. The molecule has 0 radical (unpaired) electrons. The number of nitro groups is 1. The Morgan fingerprint density at radius 2 is 2.38 bits per heavy atom. The summed E-state index contributed by atoms with van der Waals surface area (Å²) < 4.78 is 26.2. The molecule has 0 aromatic carbocycles. The fourth-order valence-electron chi connectivity index (χ4n) is 0.802. The zero-order valence-electron chi connectivity index (χ0n) is 7.50. The van der Waals surface area contributed by atoms with Crippen molar-refractivity contribution in [3.63, 3.8) is 0 Å². The molecule has 1 heterocycles. The standard InChI is InChI=1S/C5H5F2N5O4/c6-5(7,3(13)10-14)1-11-2-8-4(9-11)12(15)16/h2,14H,1H2,(H,10,13). The molecule has 88 valence electrons. The Labute approximate surface area is 85.8 Å². The van der Waals surface area contributed by atoms with Crippen molar-refractivity contribution in [1.29, 1.82) is 0 Å². The van der Waals surface area contributed by atoms with E-state index in [9.17, 15) is 23.7 Å². The lowest BCUT2D eigenvalue weighted by Gasteiger charge is -2.11. The number of nitrogens with one attached hydrogen (secondary N) is 1. The van der Waals surface area contributed by atoms with Gasteiger partial charge in [0, 0.05) is 5.10 Å². The van der Waals surface area contributed by atoms with Gasteiger partial charge in [0.15, 0.2) is 0 Å². The minimum atomic E-state index is -3.95. The summed E-state index contributed by atoms with van der Waals surface area (Å²) in [4.78, 5) is 22.7. The normalized spacial score (nSPS) is 11.2. The molecule has 0 bridgehead atoms. The summed E-state index contributed by atoms with van der Waals surface area (Å²) in [7, 11) is 0. The molecule has 11 heteroatoms. The first kappa shape index (κ1) is 11.9. The summed E-state index contributed by atoms with van der Waals surface area (Å²) in [5, 5.41) is 21.2. The van der Waals surface area contributed by atoms with Crippen LogP contribution in [0.25, 0.3) is 0 Å². The predicted octanol–water partition coefficient (Wildman–Crippen LogP) is -0.673. The maximum Gasteiger partial charge on any atom is 0.490 e. The van der Waals surface area contributed by atoms with Crippen molar-refractivity contribution in [2.24, 2.45) is 0 Å². The van der Waals surface area contributed by atoms with Gasteiger partial charge < -0.3 is 10.1 Å². The first-order chi connectivity index (χ1) is 7.36. The van der Waals surface area contributed by atoms with Crippen molar-refractivity contribution < 1.29 is 23.7 Å². The molecule has 0 aliphatic heterocycles. The summed E-state index contributed by atoms with van der Waals surface area (Å²) >= 11 is 0. The van der Waals surface area contributed by atoms with Gasteiger partial charge in [-0.25, -0.2) is 5.48 Å². The monoisotopic (exact) mass is 237 g/mol. The van der Waals surface area contributed by atoms with Gasteiger partial charge in [-0.3, -0.25) is 10.0 Å². The number of hydrogen-bond acceptors (Lipinski definition) is 6. The highest BCUT2D eigenvalue weighted by Gasteiger charge is 2.40. The van der Waals surface area contributed by atoms with Crippen molar-refractivity contribution in [2.45, 2.75) is 12.5 Å². The summed E-state index contributed by atoms with van der Waals surface area (Å²) in [6.07, 6.45) is 0.677. The fraction of sp³-hybridized carbons (Fsp3) is 0.400. The summed E-state index contributed by atoms with van der Waals surface area (Å²) in [5.41, 5.74) is 0.771. The summed E-state index contributed by atoms with van der Waals surface area (Å²) in [6, 6.07) is 0. The SMILES string of the molecule is O=C(NO)C(F)(F)Cn1cnc([N+](=O)[O-])n1. The van der Waals surface area contributed by atoms with Gasteiger partial charge in [-0.1, -0.05) is 4.98 Å². The van der Waals surface area contributed by atoms with E-state index in [1.807, 2.05) is 0 Å². The third kappa shape index (κ3) is 2.44. The van der Waals surface area contributed by atoms with Gasteiger partial charge in [-0.2, -0.15) is 13.5 Å². The van der Waals surface area contributed by atoms with Crippen LogP contribution in [0.4, 0.5) is 14.7 Å². The smallest absolute Gasteiger partial charge is 0.390 e. The average Bonchev–Trinajstić information content (AvgIpc) is 2.64. The Hall–Kier alpha value is -2.17. The molecule has 9 nitrogen and oxygen atoms in total. The second-order valence-electron chi connectivity index (χ2n) is 2.64. The number of amides is 1. The molecule has 1 aromatic heterocycles. The Bertz CT molecular complexity index is 419. The van der Waals surface area contributed by atoms with Gasteiger partial charge in [-0.15, -0.1) is 0 Å². The number of halogens is 2. The number of nitrogens with zero attached hydrogens (tertiary/aromatic N) is 4. The molecule has 1 aromatic rings. The van der Waals surface area contributed by atoms with Crippen LogP contribution in [0.5, 0.6) is 0 Å². The highest BCUT2D eigenvalue weighted by Crippen LogP contribution is 2.16. The van der Waals surface area contributed by atoms with Gasteiger partial charge in [0.1, 0.15) is 6.54 Å². The number of rotatable bonds is 4. The molecule has 1 amide bonds. The largest absolute Gasteiger partial charge is 0.490 e. The highest BCUT2D eigenvalue weighted by molar-refractivity contribution is 5.82. The minimum Gasteiger partial charge on any atom is -0.390 e. The molecule has 0 aliphatic carbocycles. The molecule has 1 rings (SSSR count). The molecule has 0 saturated carbocycles. The van der Waals surface area contributed by atoms with Gasteiger partial charge in [-0.05, 0) is 4.92 Å². The lowest BCUT2D eigenvalue weighted by Crippen LogP contribution is -2.41. The first-order valence-electron chi connectivity index (χ1n) is 3.73. The van der Waals surface area contributed by atoms with Crippen LogP contribution < -0.4 is 5.48 Å². The van der Waals surface area contributed by atoms with E-state index in [4.69, 9.17) is 5.21 Å². The van der Waals surface area contributed by atoms with E-state index in [-0.39, 0.29) is 0 Å². The third-order valence-electron chi connectivity index (χ3n) is 1.48. The third-order valence-corrected chi connectivity index (χ3v) is 1.48. The highest BCUT2D eigenvalue weighted by atomic mass is 19.3. The van der Waals surface area contributed by atoms with Crippen LogP contribution in [-0.4, -0.2) is 36.7 Å². The fourth-order valence-corrected chi connectivity index (χ4v) is 0.802. The zero-order chi connectivity index (χ0) is 12.3. The van der Waals surface area contributed by atoms with Gasteiger partial charge in [0.05, 0.1) is 0 Å². The first-order valence-corrected chi connectivity index (χ1v) is 3.73. The second-order valence-corrected chi connectivity index (χ2v) is 2.64. The molecular weight excluding hydrogens is 232 g/mol. The maximum atomic E-state index is 12.9. The lowest BCUT2D eigenvalue weighted by molar-refractivity contribution is -0.394. The van der Waals surface area contributed by atoms with Crippen LogP contribution in [0.2, 0.25) is 0 Å². The maximum absolute atomic E-state index is 12.9. The molecular formula is C5H5F2N5O4. The average molecular weight is 237 g/mol. The molecule has 16 heavy (non-hydrogen) atoms. The number of carbonyl (C=O) groups excluding carboxylic acids is 1. The topological polar surface area (TPSA) is 123 Å². The van der Waals surface area contributed by atoms with E-state index in [1.54, 1.807) is 0 Å². The van der Waals surface area contributed by atoms with Crippen LogP contribution in [0.1, 0.15) is 0 Å². The van der Waals surface area contributed by atoms with E-state index >= 15 is 0 Å². The van der Waals surface area contributed by atoms with Crippen LogP contribution in [-0.2, 0) is 11.3 Å². The van der Waals surface area contributed by atoms with Crippen LogP contribution in [0.3, 0.4) is 0 Å². The van der Waals surface area contributed by atoms with Crippen LogP contribution in [0.15, 0.2) is 6.33 Å². The Morgan fingerprint density at radius 1 is 1.75 bits per heavy atom. The van der Waals surface area contributed by atoms with Crippen molar-refractivity contribution in [3.8, 4) is 0 Å². The molecule has 0 saturated heterocycles. The molecule has 2 N–H and O–H groups in total. The van der Waals surface area contributed by atoms with E-state index < -0.39 is 29.2 Å². The van der Waals surface area contributed by atoms with E-state index in [1.165, 1.54) is 0 Å². The van der Waals surface area contributed by atoms with Gasteiger partial charge >= 0.3 is 17.8 Å². The van der Waals surface area contributed by atoms with Crippen molar-refractivity contribution >= 4 is 11.9 Å². The van der Waals surface area contributed by atoms with Crippen LogP contribution >= 0.6 is 0 Å². The lowest BCUT2D eigenvalue weighted by atomic mass is 10.3. The number of hydrogen-bond donors (Lipinski definition) is 2. The summed E-state index contributed by atoms with van der Waals surface area (Å²) in [5.74, 6) is -6.75. The Balaban J connectivity index is 2.80. The molecule has 0 unspecified atom stereocenters. The van der Waals surface area contributed by atoms with Crippen molar-refractivity contribution in [1.82, 2.24) is 20.2 Å². The number of aromatic nitrogens is 3. The Morgan fingerprint density at radius 3 is 2.81 bits per heavy atom.